The highest BCUT2D eigenvalue weighted by Gasteiger charge is 2.29. The highest BCUT2D eigenvalue weighted by atomic mass is 16.3. The highest BCUT2D eigenvalue weighted by molar-refractivity contribution is 5.92. The van der Waals surface area contributed by atoms with Gasteiger partial charge in [0.2, 0.25) is 5.91 Å². The quantitative estimate of drug-likeness (QED) is 0.772. The fraction of sp³-hybridized carbons (Fsp3) is 0.474. The number of aliphatic hydroxyl groups excluding tert-OH is 1. The number of aromatic nitrogens is 2. The van der Waals surface area contributed by atoms with Crippen LogP contribution in [0, 0.1) is 6.92 Å². The first-order chi connectivity index (χ1) is 12.1. The molecule has 0 spiro atoms. The number of hydrogen-bond donors (Lipinski definition) is 2. The van der Waals surface area contributed by atoms with Gasteiger partial charge in [-0.25, -0.2) is 4.68 Å². The minimum atomic E-state index is -0.0378. The summed E-state index contributed by atoms with van der Waals surface area (Å²) >= 11 is 0. The molecule has 25 heavy (non-hydrogen) atoms. The second-order valence-corrected chi connectivity index (χ2v) is 6.52. The van der Waals surface area contributed by atoms with Crippen molar-refractivity contribution in [2.24, 2.45) is 0 Å². The summed E-state index contributed by atoms with van der Waals surface area (Å²) in [4.78, 5) is 14.6. The zero-order valence-corrected chi connectivity index (χ0v) is 14.9. The summed E-state index contributed by atoms with van der Waals surface area (Å²) in [6.07, 6.45) is 2.36. The fourth-order valence-electron chi connectivity index (χ4n) is 3.08. The molecule has 1 amide bonds. The molecule has 0 saturated heterocycles. The topological polar surface area (TPSA) is 70.4 Å². The molecule has 0 atom stereocenters. The molecule has 0 bridgehead atoms. The number of aliphatic hydroxyl groups is 1. The summed E-state index contributed by atoms with van der Waals surface area (Å²) in [6, 6.07) is 10.4. The van der Waals surface area contributed by atoms with Crippen molar-refractivity contribution in [1.82, 2.24) is 14.7 Å². The third-order valence-electron chi connectivity index (χ3n) is 4.60. The van der Waals surface area contributed by atoms with Crippen LogP contribution in [0.2, 0.25) is 0 Å². The van der Waals surface area contributed by atoms with E-state index in [-0.39, 0.29) is 12.5 Å². The lowest BCUT2D eigenvalue weighted by Gasteiger charge is -2.19. The number of anilines is 1. The molecule has 2 N–H and O–H groups in total. The Morgan fingerprint density at radius 1 is 1.40 bits per heavy atom. The zero-order chi connectivity index (χ0) is 17.8. The minimum absolute atomic E-state index is 0.0269. The molecule has 1 aromatic carbocycles. The number of nitrogens with zero attached hydrogens (tertiary/aromatic N) is 3. The molecule has 1 saturated carbocycles. The van der Waals surface area contributed by atoms with Gasteiger partial charge in [-0.3, -0.25) is 9.69 Å². The molecule has 1 aliphatic carbocycles. The van der Waals surface area contributed by atoms with Crippen LogP contribution in [0.1, 0.15) is 25.3 Å². The summed E-state index contributed by atoms with van der Waals surface area (Å²) in [5.41, 5.74) is 2.96. The van der Waals surface area contributed by atoms with E-state index >= 15 is 0 Å². The monoisotopic (exact) mass is 342 g/mol. The number of likely N-dealkylation sites (N-methyl/N-ethyl adjacent to an activating group) is 1. The maximum absolute atomic E-state index is 12.4. The standard InChI is InChI=1S/C19H26N4O2/c1-3-22(15-8-9-15)13-19(25)20-18-12-17(21-23(18)10-11-24)16-7-5-4-6-14(16)2/h4-7,12,15,24H,3,8-11,13H2,1-2H3,(H,20,25). The zero-order valence-electron chi connectivity index (χ0n) is 14.9. The van der Waals surface area contributed by atoms with Crippen LogP contribution in [0.4, 0.5) is 5.82 Å². The van der Waals surface area contributed by atoms with Crippen molar-refractivity contribution in [2.75, 3.05) is 25.0 Å². The second kappa shape index (κ2) is 7.80. The SMILES string of the molecule is CCN(CC(=O)Nc1cc(-c2ccccc2C)nn1CCO)C1CC1. The maximum atomic E-state index is 12.4. The van der Waals surface area contributed by atoms with Gasteiger partial charge >= 0.3 is 0 Å². The summed E-state index contributed by atoms with van der Waals surface area (Å²) in [7, 11) is 0. The maximum Gasteiger partial charge on any atom is 0.239 e. The van der Waals surface area contributed by atoms with Crippen LogP contribution in [0.15, 0.2) is 30.3 Å². The lowest BCUT2D eigenvalue weighted by atomic mass is 10.1. The van der Waals surface area contributed by atoms with E-state index in [1.807, 2.05) is 37.3 Å². The van der Waals surface area contributed by atoms with E-state index in [9.17, 15) is 9.90 Å². The van der Waals surface area contributed by atoms with Crippen LogP contribution in [-0.4, -0.2) is 51.4 Å². The van der Waals surface area contributed by atoms with Crippen LogP contribution in [-0.2, 0) is 11.3 Å². The van der Waals surface area contributed by atoms with Gasteiger partial charge in [-0.1, -0.05) is 31.2 Å². The third-order valence-corrected chi connectivity index (χ3v) is 4.60. The van der Waals surface area contributed by atoms with Crippen molar-refractivity contribution in [3.05, 3.63) is 35.9 Å². The van der Waals surface area contributed by atoms with E-state index in [2.05, 4.69) is 22.2 Å². The van der Waals surface area contributed by atoms with Gasteiger partial charge in [-0.2, -0.15) is 5.10 Å². The molecule has 1 heterocycles. The first-order valence-electron chi connectivity index (χ1n) is 8.91. The van der Waals surface area contributed by atoms with Crippen molar-refractivity contribution < 1.29 is 9.90 Å². The molecule has 0 aliphatic heterocycles. The Bertz CT molecular complexity index is 737. The van der Waals surface area contributed by atoms with E-state index in [1.54, 1.807) is 4.68 Å². The van der Waals surface area contributed by atoms with Gasteiger partial charge in [-0.15, -0.1) is 0 Å². The van der Waals surface area contributed by atoms with Crippen LogP contribution >= 0.6 is 0 Å². The molecule has 6 heteroatoms. The lowest BCUT2D eigenvalue weighted by molar-refractivity contribution is -0.117. The smallest absolute Gasteiger partial charge is 0.239 e. The molecule has 6 nitrogen and oxygen atoms in total. The number of benzene rings is 1. The van der Waals surface area contributed by atoms with Gasteiger partial charge in [0.15, 0.2) is 0 Å². The summed E-state index contributed by atoms with van der Waals surface area (Å²) in [5.74, 6) is 0.591. The number of rotatable bonds is 8. The van der Waals surface area contributed by atoms with E-state index in [4.69, 9.17) is 0 Å². The minimum Gasteiger partial charge on any atom is -0.394 e. The van der Waals surface area contributed by atoms with Crippen molar-refractivity contribution in [1.29, 1.82) is 0 Å². The van der Waals surface area contributed by atoms with Crippen molar-refractivity contribution in [3.63, 3.8) is 0 Å². The van der Waals surface area contributed by atoms with Gasteiger partial charge in [-0.05, 0) is 31.9 Å². The Hall–Kier alpha value is -2.18. The first kappa shape index (κ1) is 17.6. The third kappa shape index (κ3) is 4.27. The molecular weight excluding hydrogens is 316 g/mol. The van der Waals surface area contributed by atoms with Crippen molar-refractivity contribution >= 4 is 11.7 Å². The molecular formula is C19H26N4O2. The number of hydrogen-bond acceptors (Lipinski definition) is 4. The van der Waals surface area contributed by atoms with Crippen LogP contribution in [0.25, 0.3) is 11.3 Å². The van der Waals surface area contributed by atoms with Gasteiger partial charge in [0.1, 0.15) is 5.82 Å². The number of carbonyl (C=O) groups is 1. The molecule has 134 valence electrons. The average Bonchev–Trinajstić information content (AvgIpc) is 3.37. The number of carbonyl (C=O) groups excluding carboxylic acids is 1. The molecule has 1 aliphatic rings. The predicted molar refractivity (Wildman–Crippen MR) is 98.4 cm³/mol. The van der Waals surface area contributed by atoms with Gasteiger partial charge in [0.25, 0.3) is 0 Å². The van der Waals surface area contributed by atoms with Gasteiger partial charge in [0.05, 0.1) is 25.4 Å². The first-order valence-corrected chi connectivity index (χ1v) is 8.91. The van der Waals surface area contributed by atoms with Crippen molar-refractivity contribution in [2.45, 2.75) is 39.3 Å². The Morgan fingerprint density at radius 2 is 2.16 bits per heavy atom. The van der Waals surface area contributed by atoms with Gasteiger partial charge < -0.3 is 10.4 Å². The van der Waals surface area contributed by atoms with E-state index in [0.29, 0.717) is 24.9 Å². The number of aryl methyl sites for hydroxylation is 1. The molecule has 1 aromatic heterocycles. The normalized spacial score (nSPS) is 14.1. The molecule has 0 radical (unpaired) electrons. The molecule has 3 rings (SSSR count). The van der Waals surface area contributed by atoms with E-state index in [1.165, 1.54) is 12.8 Å². The van der Waals surface area contributed by atoms with Crippen LogP contribution in [0.3, 0.4) is 0 Å². The largest absolute Gasteiger partial charge is 0.394 e. The molecule has 1 fully saturated rings. The summed E-state index contributed by atoms with van der Waals surface area (Å²) in [6.45, 7) is 5.71. The molecule has 2 aromatic rings. The second-order valence-electron chi connectivity index (χ2n) is 6.52. The van der Waals surface area contributed by atoms with Crippen LogP contribution < -0.4 is 5.32 Å². The average molecular weight is 342 g/mol. The van der Waals surface area contributed by atoms with E-state index in [0.717, 1.165) is 23.4 Å². The number of nitrogens with one attached hydrogen (secondary N) is 1. The van der Waals surface area contributed by atoms with Gasteiger partial charge in [0, 0.05) is 17.7 Å². The summed E-state index contributed by atoms with van der Waals surface area (Å²) in [5, 5.41) is 16.8. The van der Waals surface area contributed by atoms with E-state index < -0.39 is 0 Å². The Balaban J connectivity index is 1.77. The molecule has 0 unspecified atom stereocenters. The predicted octanol–water partition coefficient (Wildman–Crippen LogP) is 2.27. The van der Waals surface area contributed by atoms with Crippen LogP contribution in [0.5, 0.6) is 0 Å². The number of amides is 1. The Kier molecular flexibility index (Phi) is 5.50. The Labute approximate surface area is 148 Å². The van der Waals surface area contributed by atoms with Crippen molar-refractivity contribution in [3.8, 4) is 11.3 Å². The lowest BCUT2D eigenvalue weighted by Crippen LogP contribution is -2.35. The Morgan fingerprint density at radius 3 is 2.80 bits per heavy atom. The summed E-state index contributed by atoms with van der Waals surface area (Å²) < 4.78 is 1.66. The highest BCUT2D eigenvalue weighted by Crippen LogP contribution is 2.27. The fourth-order valence-corrected chi connectivity index (χ4v) is 3.08.